The summed E-state index contributed by atoms with van der Waals surface area (Å²) in [6.07, 6.45) is 1.22. The van der Waals surface area contributed by atoms with Gasteiger partial charge >= 0.3 is 0 Å². The van der Waals surface area contributed by atoms with Crippen LogP contribution >= 0.6 is 27.7 Å². The maximum Gasteiger partial charge on any atom is 0.113 e. The van der Waals surface area contributed by atoms with Crippen LogP contribution in [0, 0.1) is 0 Å². The fraction of sp³-hybridized carbons (Fsp3) is 0.231. The Morgan fingerprint density at radius 2 is 2.24 bits per heavy atom. The van der Waals surface area contributed by atoms with E-state index < -0.39 is 6.10 Å². The quantitative estimate of drug-likeness (QED) is 0.850. The van der Waals surface area contributed by atoms with Gasteiger partial charge in [-0.05, 0) is 36.8 Å². The Balaban J connectivity index is 2.16. The number of furan rings is 1. The van der Waals surface area contributed by atoms with E-state index in [1.807, 2.05) is 30.3 Å². The van der Waals surface area contributed by atoms with Crippen LogP contribution in [0.15, 0.2) is 50.4 Å². The van der Waals surface area contributed by atoms with Crippen LogP contribution in [0.25, 0.3) is 0 Å². The van der Waals surface area contributed by atoms with Crippen molar-refractivity contribution in [3.63, 3.8) is 0 Å². The van der Waals surface area contributed by atoms with Crippen molar-refractivity contribution in [1.82, 2.24) is 0 Å². The van der Waals surface area contributed by atoms with Crippen LogP contribution in [-0.2, 0) is 5.75 Å². The van der Waals surface area contributed by atoms with E-state index in [0.29, 0.717) is 0 Å². The molecule has 1 N–H and O–H groups in total. The molecule has 1 aromatic carbocycles. The molecule has 2 aromatic rings. The van der Waals surface area contributed by atoms with Crippen LogP contribution in [0.3, 0.4) is 0 Å². The molecule has 2 rings (SSSR count). The van der Waals surface area contributed by atoms with Crippen LogP contribution < -0.4 is 0 Å². The molecule has 0 saturated carbocycles. The third-order valence-corrected chi connectivity index (χ3v) is 3.96. The van der Waals surface area contributed by atoms with Gasteiger partial charge in [-0.15, -0.1) is 11.8 Å². The molecule has 2 nitrogen and oxygen atoms in total. The normalized spacial score (nSPS) is 12.6. The first-order chi connectivity index (χ1) is 8.16. The number of aliphatic hydroxyl groups excluding tert-OH is 1. The van der Waals surface area contributed by atoms with E-state index in [9.17, 15) is 5.11 Å². The fourth-order valence-corrected chi connectivity index (χ4v) is 3.11. The first-order valence-corrected chi connectivity index (χ1v) is 7.07. The molecular formula is C13H13BrO2S. The maximum atomic E-state index is 9.70. The third-order valence-electron chi connectivity index (χ3n) is 2.38. The van der Waals surface area contributed by atoms with Crippen LogP contribution in [0.2, 0.25) is 0 Å². The van der Waals surface area contributed by atoms with Gasteiger partial charge in [-0.3, -0.25) is 0 Å². The molecule has 0 spiro atoms. The minimum absolute atomic E-state index is 0.456. The van der Waals surface area contributed by atoms with Crippen LogP contribution in [-0.4, -0.2) is 5.11 Å². The second-order valence-corrected chi connectivity index (χ2v) is 5.66. The Morgan fingerprint density at radius 1 is 1.41 bits per heavy atom. The Morgan fingerprint density at radius 3 is 2.88 bits per heavy atom. The number of aliphatic hydroxyl groups is 1. The Kier molecular flexibility index (Phi) is 4.31. The van der Waals surface area contributed by atoms with Gasteiger partial charge in [0.05, 0.1) is 18.1 Å². The molecule has 0 bridgehead atoms. The van der Waals surface area contributed by atoms with Crippen molar-refractivity contribution in [3.05, 3.63) is 52.4 Å². The number of halogens is 1. The number of rotatable bonds is 4. The van der Waals surface area contributed by atoms with Crippen LogP contribution in [0.1, 0.15) is 24.4 Å². The van der Waals surface area contributed by atoms with Gasteiger partial charge in [-0.1, -0.05) is 22.0 Å². The van der Waals surface area contributed by atoms with Crippen LogP contribution in [0.5, 0.6) is 0 Å². The van der Waals surface area contributed by atoms with Crippen molar-refractivity contribution in [2.45, 2.75) is 23.7 Å². The number of thioether (sulfide) groups is 1. The molecule has 0 aliphatic rings. The zero-order chi connectivity index (χ0) is 12.3. The standard InChI is InChI=1S/C13H13BrO2S/c1-9(15)12-5-4-10(14)7-13(12)17-8-11-3-2-6-16-11/h2-7,9,15H,8H2,1H3. The molecule has 0 aliphatic heterocycles. The number of hydrogen-bond donors (Lipinski definition) is 1. The molecule has 17 heavy (non-hydrogen) atoms. The Labute approximate surface area is 113 Å². The van der Waals surface area contributed by atoms with E-state index in [2.05, 4.69) is 15.9 Å². The number of hydrogen-bond acceptors (Lipinski definition) is 3. The van der Waals surface area contributed by atoms with E-state index in [4.69, 9.17) is 4.42 Å². The molecule has 1 aromatic heterocycles. The molecule has 0 aliphatic carbocycles. The van der Waals surface area contributed by atoms with Gasteiger partial charge in [0.2, 0.25) is 0 Å². The highest BCUT2D eigenvalue weighted by molar-refractivity contribution is 9.10. The lowest BCUT2D eigenvalue weighted by Crippen LogP contribution is -1.94. The SMILES string of the molecule is CC(O)c1ccc(Br)cc1SCc1ccco1. The summed E-state index contributed by atoms with van der Waals surface area (Å²) in [6.45, 7) is 1.78. The smallest absolute Gasteiger partial charge is 0.113 e. The molecule has 0 saturated heterocycles. The first-order valence-electron chi connectivity index (χ1n) is 5.29. The van der Waals surface area contributed by atoms with Gasteiger partial charge in [0.25, 0.3) is 0 Å². The highest BCUT2D eigenvalue weighted by atomic mass is 79.9. The van der Waals surface area contributed by atoms with E-state index in [-0.39, 0.29) is 0 Å². The van der Waals surface area contributed by atoms with Crippen molar-refractivity contribution in [2.75, 3.05) is 0 Å². The van der Waals surface area contributed by atoms with Gasteiger partial charge in [0.1, 0.15) is 5.76 Å². The summed E-state index contributed by atoms with van der Waals surface area (Å²) >= 11 is 5.11. The van der Waals surface area contributed by atoms with Crippen LogP contribution in [0.4, 0.5) is 0 Å². The number of benzene rings is 1. The van der Waals surface area contributed by atoms with E-state index in [1.165, 1.54) is 0 Å². The maximum absolute atomic E-state index is 9.70. The second kappa shape index (κ2) is 5.76. The highest BCUT2D eigenvalue weighted by Crippen LogP contribution is 2.32. The molecule has 0 amide bonds. The van der Waals surface area contributed by atoms with Crippen molar-refractivity contribution in [1.29, 1.82) is 0 Å². The molecule has 0 radical (unpaired) electrons. The molecular weight excluding hydrogens is 300 g/mol. The zero-order valence-corrected chi connectivity index (χ0v) is 11.8. The molecule has 1 heterocycles. The average Bonchev–Trinajstić information content (AvgIpc) is 2.78. The van der Waals surface area contributed by atoms with Gasteiger partial charge in [0.15, 0.2) is 0 Å². The molecule has 4 heteroatoms. The summed E-state index contributed by atoms with van der Waals surface area (Å²) < 4.78 is 6.31. The minimum atomic E-state index is -0.456. The Hall–Kier alpha value is -0.710. The van der Waals surface area contributed by atoms with Gasteiger partial charge < -0.3 is 9.52 Å². The second-order valence-electron chi connectivity index (χ2n) is 3.73. The van der Waals surface area contributed by atoms with Crippen molar-refractivity contribution < 1.29 is 9.52 Å². The van der Waals surface area contributed by atoms with E-state index in [1.54, 1.807) is 24.9 Å². The summed E-state index contributed by atoms with van der Waals surface area (Å²) in [5, 5.41) is 9.70. The highest BCUT2D eigenvalue weighted by Gasteiger charge is 2.09. The first kappa shape index (κ1) is 12.7. The van der Waals surface area contributed by atoms with Gasteiger partial charge in [-0.25, -0.2) is 0 Å². The summed E-state index contributed by atoms with van der Waals surface area (Å²) in [5.41, 5.74) is 0.949. The predicted molar refractivity (Wildman–Crippen MR) is 73.0 cm³/mol. The molecule has 90 valence electrons. The van der Waals surface area contributed by atoms with Gasteiger partial charge in [0, 0.05) is 9.37 Å². The lowest BCUT2D eigenvalue weighted by Gasteiger charge is -2.11. The van der Waals surface area contributed by atoms with Crippen molar-refractivity contribution in [3.8, 4) is 0 Å². The third kappa shape index (κ3) is 3.37. The molecule has 0 fully saturated rings. The average molecular weight is 313 g/mol. The summed E-state index contributed by atoms with van der Waals surface area (Å²) in [5.74, 6) is 1.70. The lowest BCUT2D eigenvalue weighted by atomic mass is 10.1. The largest absolute Gasteiger partial charge is 0.468 e. The fourth-order valence-electron chi connectivity index (χ4n) is 1.52. The summed E-state index contributed by atoms with van der Waals surface area (Å²) in [7, 11) is 0. The van der Waals surface area contributed by atoms with Gasteiger partial charge in [-0.2, -0.15) is 0 Å². The van der Waals surface area contributed by atoms with E-state index >= 15 is 0 Å². The summed E-state index contributed by atoms with van der Waals surface area (Å²) in [6, 6.07) is 9.74. The molecule has 1 atom stereocenters. The van der Waals surface area contributed by atoms with E-state index in [0.717, 1.165) is 26.4 Å². The zero-order valence-electron chi connectivity index (χ0n) is 9.39. The minimum Gasteiger partial charge on any atom is -0.468 e. The lowest BCUT2D eigenvalue weighted by molar-refractivity contribution is 0.196. The van der Waals surface area contributed by atoms with Crippen molar-refractivity contribution in [2.24, 2.45) is 0 Å². The monoisotopic (exact) mass is 312 g/mol. The van der Waals surface area contributed by atoms with Crippen molar-refractivity contribution >= 4 is 27.7 Å². The predicted octanol–water partition coefficient (Wildman–Crippen LogP) is 4.39. The molecule has 1 unspecified atom stereocenters. The Bertz CT molecular complexity index is 480. The topological polar surface area (TPSA) is 33.4 Å². The summed E-state index contributed by atoms with van der Waals surface area (Å²) in [4.78, 5) is 1.07.